The first kappa shape index (κ1) is 21.4. The number of H-pyrrole nitrogens is 1. The molecule has 1 aliphatic rings. The van der Waals surface area contributed by atoms with Gasteiger partial charge >= 0.3 is 17.6 Å². The fourth-order valence-corrected chi connectivity index (χ4v) is 3.08. The molecule has 0 amide bonds. The monoisotopic (exact) mass is 420 g/mol. The van der Waals surface area contributed by atoms with Gasteiger partial charge in [0.25, 0.3) is 5.56 Å². The average Bonchev–Trinajstić information content (AvgIpc) is 2.98. The number of benzene rings is 1. The molecule has 1 unspecified atom stereocenters. The van der Waals surface area contributed by atoms with Crippen LogP contribution >= 0.6 is 0 Å². The van der Waals surface area contributed by atoms with Gasteiger partial charge in [-0.2, -0.15) is 0 Å². The Kier molecular flexibility index (Phi) is 6.16. The zero-order valence-electron chi connectivity index (χ0n) is 16.6. The van der Waals surface area contributed by atoms with Crippen LogP contribution in [0.3, 0.4) is 0 Å². The number of nitrogens with one attached hydrogen (secondary N) is 1. The predicted octanol–water partition coefficient (Wildman–Crippen LogP) is 1.18. The van der Waals surface area contributed by atoms with Gasteiger partial charge in [-0.05, 0) is 26.0 Å². The van der Waals surface area contributed by atoms with Crippen molar-refractivity contribution in [2.24, 2.45) is 0 Å². The number of rotatable bonds is 5. The molecule has 0 aliphatic carbocycles. The summed E-state index contributed by atoms with van der Waals surface area (Å²) >= 11 is 0. The first-order valence-corrected chi connectivity index (χ1v) is 9.20. The topological polar surface area (TPSA) is 117 Å². The summed E-state index contributed by atoms with van der Waals surface area (Å²) in [6.45, 7) is 3.96. The Bertz CT molecular complexity index is 1060. The van der Waals surface area contributed by atoms with Crippen molar-refractivity contribution < 1.29 is 28.2 Å². The van der Waals surface area contributed by atoms with Crippen molar-refractivity contribution in [3.8, 4) is 0 Å². The summed E-state index contributed by atoms with van der Waals surface area (Å²) < 4.78 is 31.7. The van der Waals surface area contributed by atoms with Crippen LogP contribution in [0.4, 0.5) is 4.39 Å². The number of aromatic amines is 1. The van der Waals surface area contributed by atoms with Crippen molar-refractivity contribution in [1.82, 2.24) is 9.55 Å². The van der Waals surface area contributed by atoms with Crippen molar-refractivity contribution in [3.05, 3.63) is 68.0 Å². The lowest BCUT2D eigenvalue weighted by Crippen LogP contribution is -2.39. The van der Waals surface area contributed by atoms with Crippen LogP contribution < -0.4 is 11.2 Å². The normalized spacial score (nSPS) is 23.2. The Balaban J connectivity index is 1.80. The molecule has 0 bridgehead atoms. The molecule has 1 fully saturated rings. The van der Waals surface area contributed by atoms with Crippen LogP contribution in [-0.2, 0) is 19.0 Å². The first-order chi connectivity index (χ1) is 14.2. The lowest BCUT2D eigenvalue weighted by Gasteiger charge is -2.20. The number of hydrogen-bond acceptors (Lipinski definition) is 7. The van der Waals surface area contributed by atoms with Gasteiger partial charge in [0, 0.05) is 18.7 Å². The quantitative estimate of drug-likeness (QED) is 0.722. The summed E-state index contributed by atoms with van der Waals surface area (Å²) in [5, 5.41) is 0. The SMILES string of the molecule is CC(=O)O[C@H]1C(F)[C@@H](COC(=O)c2ccc(C)cc2)O[C@H]1n1cc(C)c(=O)[nH]c1=O. The largest absolute Gasteiger partial charge is 0.459 e. The Hall–Kier alpha value is -3.27. The second kappa shape index (κ2) is 8.62. The molecule has 1 saturated heterocycles. The van der Waals surface area contributed by atoms with E-state index in [2.05, 4.69) is 4.98 Å². The van der Waals surface area contributed by atoms with E-state index >= 15 is 0 Å². The summed E-state index contributed by atoms with van der Waals surface area (Å²) in [4.78, 5) is 49.5. The van der Waals surface area contributed by atoms with E-state index in [9.17, 15) is 23.6 Å². The number of carbonyl (C=O) groups is 2. The highest BCUT2D eigenvalue weighted by Crippen LogP contribution is 2.33. The molecule has 9 nitrogen and oxygen atoms in total. The highest BCUT2D eigenvalue weighted by atomic mass is 19.1. The van der Waals surface area contributed by atoms with E-state index < -0.39 is 54.4 Å². The molecule has 0 spiro atoms. The molecule has 0 radical (unpaired) electrons. The predicted molar refractivity (Wildman–Crippen MR) is 102 cm³/mol. The Morgan fingerprint density at radius 3 is 2.50 bits per heavy atom. The van der Waals surface area contributed by atoms with Crippen molar-refractivity contribution in [2.45, 2.75) is 45.4 Å². The molecule has 1 N–H and O–H groups in total. The van der Waals surface area contributed by atoms with Gasteiger partial charge in [-0.25, -0.2) is 14.0 Å². The average molecular weight is 420 g/mol. The van der Waals surface area contributed by atoms with Crippen LogP contribution in [0.15, 0.2) is 40.1 Å². The maximum absolute atomic E-state index is 15.0. The van der Waals surface area contributed by atoms with Gasteiger partial charge in [0.1, 0.15) is 12.7 Å². The van der Waals surface area contributed by atoms with Crippen LogP contribution in [0, 0.1) is 13.8 Å². The zero-order valence-corrected chi connectivity index (χ0v) is 16.6. The van der Waals surface area contributed by atoms with Crippen molar-refractivity contribution in [2.75, 3.05) is 6.61 Å². The second-order valence-electron chi connectivity index (χ2n) is 7.03. The molecule has 1 aromatic heterocycles. The third kappa shape index (κ3) is 4.48. The van der Waals surface area contributed by atoms with Crippen molar-refractivity contribution >= 4 is 11.9 Å². The molecule has 30 heavy (non-hydrogen) atoms. The number of aromatic nitrogens is 2. The number of nitrogens with zero attached hydrogens (tertiary/aromatic N) is 1. The number of carbonyl (C=O) groups excluding carboxylic acids is 2. The Morgan fingerprint density at radius 1 is 1.20 bits per heavy atom. The lowest BCUT2D eigenvalue weighted by atomic mass is 10.1. The van der Waals surface area contributed by atoms with Crippen LogP contribution in [0.25, 0.3) is 0 Å². The number of ether oxygens (including phenoxy) is 3. The number of hydrogen-bond donors (Lipinski definition) is 1. The van der Waals surface area contributed by atoms with Gasteiger partial charge < -0.3 is 14.2 Å². The summed E-state index contributed by atoms with van der Waals surface area (Å²) in [6.07, 6.45) is -4.77. The molecule has 10 heteroatoms. The van der Waals surface area contributed by atoms with E-state index in [-0.39, 0.29) is 11.1 Å². The summed E-state index contributed by atoms with van der Waals surface area (Å²) in [5.74, 6) is -1.45. The van der Waals surface area contributed by atoms with E-state index in [1.54, 1.807) is 24.3 Å². The van der Waals surface area contributed by atoms with E-state index in [4.69, 9.17) is 14.2 Å². The third-order valence-electron chi connectivity index (χ3n) is 4.65. The van der Waals surface area contributed by atoms with Crippen molar-refractivity contribution in [1.29, 1.82) is 0 Å². The molecule has 1 aliphatic heterocycles. The number of aryl methyl sites for hydroxylation is 2. The van der Waals surface area contributed by atoms with E-state index in [0.29, 0.717) is 0 Å². The van der Waals surface area contributed by atoms with Gasteiger partial charge in [-0.3, -0.25) is 19.1 Å². The molecule has 160 valence electrons. The summed E-state index contributed by atoms with van der Waals surface area (Å²) in [7, 11) is 0. The molecular weight excluding hydrogens is 399 g/mol. The molecular formula is C20H21FN2O7. The van der Waals surface area contributed by atoms with Gasteiger partial charge in [0.15, 0.2) is 18.5 Å². The molecule has 2 heterocycles. The highest BCUT2D eigenvalue weighted by molar-refractivity contribution is 5.89. The number of esters is 2. The van der Waals surface area contributed by atoms with Crippen LogP contribution in [0.1, 0.15) is 34.6 Å². The van der Waals surface area contributed by atoms with E-state index in [1.807, 2.05) is 6.92 Å². The fraction of sp³-hybridized carbons (Fsp3) is 0.400. The first-order valence-electron chi connectivity index (χ1n) is 9.20. The fourth-order valence-electron chi connectivity index (χ4n) is 3.08. The van der Waals surface area contributed by atoms with Gasteiger partial charge in [-0.15, -0.1) is 0 Å². The molecule has 2 aromatic rings. The minimum atomic E-state index is -1.87. The maximum Gasteiger partial charge on any atom is 0.338 e. The van der Waals surface area contributed by atoms with Gasteiger partial charge in [0.05, 0.1) is 5.56 Å². The minimum absolute atomic E-state index is 0.185. The number of alkyl halides is 1. The smallest absolute Gasteiger partial charge is 0.338 e. The molecule has 3 rings (SSSR count). The van der Waals surface area contributed by atoms with Crippen LogP contribution in [0.2, 0.25) is 0 Å². The third-order valence-corrected chi connectivity index (χ3v) is 4.65. The van der Waals surface area contributed by atoms with Crippen molar-refractivity contribution in [3.63, 3.8) is 0 Å². The lowest BCUT2D eigenvalue weighted by molar-refractivity contribution is -0.154. The zero-order chi connectivity index (χ0) is 22.0. The summed E-state index contributed by atoms with van der Waals surface area (Å²) in [6, 6.07) is 6.62. The van der Waals surface area contributed by atoms with Gasteiger partial charge in [-0.1, -0.05) is 17.7 Å². The highest BCUT2D eigenvalue weighted by Gasteiger charge is 2.49. The van der Waals surface area contributed by atoms with Gasteiger partial charge in [0.2, 0.25) is 0 Å². The Morgan fingerprint density at radius 2 is 1.87 bits per heavy atom. The van der Waals surface area contributed by atoms with E-state index in [0.717, 1.165) is 17.1 Å². The molecule has 0 saturated carbocycles. The maximum atomic E-state index is 15.0. The number of halogens is 1. The second-order valence-corrected chi connectivity index (χ2v) is 7.03. The van der Waals surface area contributed by atoms with Crippen LogP contribution in [0.5, 0.6) is 0 Å². The van der Waals surface area contributed by atoms with E-state index in [1.165, 1.54) is 13.1 Å². The minimum Gasteiger partial charge on any atom is -0.459 e. The standard InChI is InChI=1S/C20H21FN2O7/c1-10-4-6-13(7-5-10)19(26)28-9-14-15(21)16(29-12(3)24)18(30-14)23-8-11(2)17(25)22-20(23)27/h4-8,14-16,18H,9H2,1-3H3,(H,22,25,27)/t14-,15?,16+,18-/m1/s1. The molecule has 4 atom stereocenters. The Labute approximate surface area is 170 Å². The van der Waals surface area contributed by atoms with Crippen LogP contribution in [-0.4, -0.2) is 46.5 Å². The summed E-state index contributed by atoms with van der Waals surface area (Å²) in [5.41, 5.74) is -0.0156. The molecule has 1 aromatic carbocycles.